The molecule has 0 saturated carbocycles. The van der Waals surface area contributed by atoms with Crippen LogP contribution < -0.4 is 0 Å². The Morgan fingerprint density at radius 2 is 1.86 bits per heavy atom. The molecular formula is C11H17Cl2Zr. The minimum absolute atomic E-state index is 0.826. The van der Waals surface area contributed by atoms with Gasteiger partial charge >= 0.3 is 37.9 Å². The zero-order chi connectivity index (χ0) is 10.8. The van der Waals surface area contributed by atoms with Gasteiger partial charge < -0.3 is 0 Å². The zero-order valence-corrected chi connectivity index (χ0v) is 12.8. The van der Waals surface area contributed by atoms with Gasteiger partial charge in [0.15, 0.2) is 0 Å². The molecule has 3 heteroatoms. The second kappa shape index (κ2) is 10.5. The summed E-state index contributed by atoms with van der Waals surface area (Å²) in [6.45, 7) is 4.40. The van der Waals surface area contributed by atoms with E-state index in [0.717, 1.165) is 0 Å². The van der Waals surface area contributed by atoms with Crippen molar-refractivity contribution < 1.29 is 20.8 Å². The summed E-state index contributed by atoms with van der Waals surface area (Å²) >= 11 is -0.826. The van der Waals surface area contributed by atoms with Crippen LogP contribution in [0.4, 0.5) is 0 Å². The summed E-state index contributed by atoms with van der Waals surface area (Å²) < 4.78 is 0. The first-order valence-electron chi connectivity index (χ1n) is 4.93. The molecule has 1 radical (unpaired) electrons. The Morgan fingerprint density at radius 1 is 1.21 bits per heavy atom. The molecule has 0 N–H and O–H groups in total. The van der Waals surface area contributed by atoms with E-state index >= 15 is 0 Å². The predicted octanol–water partition coefficient (Wildman–Crippen LogP) is 5.03. The van der Waals surface area contributed by atoms with Gasteiger partial charge in [-0.15, -0.1) is 0 Å². The van der Waals surface area contributed by atoms with Crippen LogP contribution in [0.3, 0.4) is 0 Å². The number of allylic oxidation sites excluding steroid dienone is 4. The molecule has 0 fully saturated rings. The van der Waals surface area contributed by atoms with Gasteiger partial charge in [0.05, 0.1) is 0 Å². The quantitative estimate of drug-likeness (QED) is 0.639. The van der Waals surface area contributed by atoms with Gasteiger partial charge in [0.2, 0.25) is 0 Å². The van der Waals surface area contributed by atoms with Crippen molar-refractivity contribution in [3.05, 3.63) is 29.7 Å². The van der Waals surface area contributed by atoms with Gasteiger partial charge in [-0.2, -0.15) is 0 Å². The fourth-order valence-electron chi connectivity index (χ4n) is 1.36. The molecule has 0 aliphatic heterocycles. The van der Waals surface area contributed by atoms with Gasteiger partial charge in [0.1, 0.15) is 0 Å². The molecule has 14 heavy (non-hydrogen) atoms. The Hall–Kier alpha value is 0.943. The Labute approximate surface area is 106 Å². The van der Waals surface area contributed by atoms with Crippen molar-refractivity contribution >= 4 is 17.0 Å². The topological polar surface area (TPSA) is 0 Å². The fraction of sp³-hybridized carbons (Fsp3) is 0.545. The first-order chi connectivity index (χ1) is 6.74. The molecule has 0 amide bonds. The molecule has 0 aromatic heterocycles. The molecule has 1 aliphatic rings. The Bertz CT molecular complexity index is 188. The number of hydrogen-bond acceptors (Lipinski definition) is 0. The molecule has 79 valence electrons. The van der Waals surface area contributed by atoms with E-state index in [9.17, 15) is 0 Å². The van der Waals surface area contributed by atoms with Crippen molar-refractivity contribution in [1.29, 1.82) is 0 Å². The van der Waals surface area contributed by atoms with Crippen LogP contribution in [0.2, 0.25) is 0 Å². The number of hydrogen-bond donors (Lipinski definition) is 0. The summed E-state index contributed by atoms with van der Waals surface area (Å²) in [4.78, 5) is 0. The molecule has 0 bridgehead atoms. The molecule has 0 aromatic carbocycles. The van der Waals surface area contributed by atoms with Crippen LogP contribution in [0.15, 0.2) is 23.8 Å². The van der Waals surface area contributed by atoms with E-state index in [1.165, 1.54) is 37.2 Å². The summed E-state index contributed by atoms with van der Waals surface area (Å²) in [7, 11) is 9.87. The number of rotatable bonds is 4. The summed E-state index contributed by atoms with van der Waals surface area (Å²) in [5.74, 6) is 1.40. The summed E-state index contributed by atoms with van der Waals surface area (Å²) in [5.41, 5.74) is 1.51. The van der Waals surface area contributed by atoms with Gasteiger partial charge in [-0.1, -0.05) is 50.5 Å². The van der Waals surface area contributed by atoms with Crippen molar-refractivity contribution in [2.45, 2.75) is 39.5 Å². The normalized spacial score (nSPS) is 14.7. The molecule has 0 saturated heterocycles. The molecule has 0 heterocycles. The van der Waals surface area contributed by atoms with Crippen LogP contribution in [0, 0.1) is 5.92 Å². The fourth-order valence-corrected chi connectivity index (χ4v) is 1.36. The molecule has 0 nitrogen and oxygen atoms in total. The maximum absolute atomic E-state index is 4.93. The molecular weight excluding hydrogens is 294 g/mol. The third-order valence-corrected chi connectivity index (χ3v) is 2.04. The van der Waals surface area contributed by atoms with Crippen LogP contribution >= 0.6 is 17.0 Å². The van der Waals surface area contributed by atoms with Crippen molar-refractivity contribution in [2.75, 3.05) is 0 Å². The Morgan fingerprint density at radius 3 is 2.29 bits per heavy atom. The summed E-state index contributed by atoms with van der Waals surface area (Å²) in [6.07, 6.45) is 12.0. The van der Waals surface area contributed by atoms with Crippen molar-refractivity contribution in [2.24, 2.45) is 0 Å². The third-order valence-electron chi connectivity index (χ3n) is 2.04. The maximum atomic E-state index is 4.93. The van der Waals surface area contributed by atoms with Gasteiger partial charge in [-0.25, -0.2) is 0 Å². The third kappa shape index (κ3) is 8.27. The van der Waals surface area contributed by atoms with E-state index in [1.807, 2.05) is 0 Å². The average molecular weight is 311 g/mol. The molecule has 1 aliphatic carbocycles. The van der Waals surface area contributed by atoms with Gasteiger partial charge in [0, 0.05) is 5.92 Å². The second-order valence-corrected chi connectivity index (χ2v) is 7.06. The van der Waals surface area contributed by atoms with Crippen molar-refractivity contribution in [3.8, 4) is 0 Å². The van der Waals surface area contributed by atoms with E-state index in [0.29, 0.717) is 0 Å². The standard InChI is InChI=1S/C11H17.2ClH.Zr/c1-3-4-5-6-11-8-7-10(2)9-11;;;/h7-9H,3-6H2,1-2H3;2*1H;/q;;;+2/p-2. The van der Waals surface area contributed by atoms with Crippen LogP contribution in [-0.2, 0) is 20.8 Å². The van der Waals surface area contributed by atoms with E-state index < -0.39 is 20.8 Å². The van der Waals surface area contributed by atoms with Crippen LogP contribution in [-0.4, -0.2) is 0 Å². The second-order valence-electron chi connectivity index (χ2n) is 3.33. The van der Waals surface area contributed by atoms with Gasteiger partial charge in [0.25, 0.3) is 0 Å². The van der Waals surface area contributed by atoms with Crippen LogP contribution in [0.5, 0.6) is 0 Å². The van der Waals surface area contributed by atoms with E-state index in [4.69, 9.17) is 17.0 Å². The zero-order valence-electron chi connectivity index (χ0n) is 8.82. The number of halogens is 2. The van der Waals surface area contributed by atoms with Gasteiger partial charge in [-0.05, 0) is 12.8 Å². The molecule has 1 rings (SSSR count). The SMILES string of the molecule is CCCCCC1=C[C](C)C=C1.[Cl][Zr][Cl]. The first-order valence-corrected chi connectivity index (χ1v) is 11.3. The monoisotopic (exact) mass is 309 g/mol. The molecule has 0 aromatic rings. The van der Waals surface area contributed by atoms with Crippen LogP contribution in [0.1, 0.15) is 39.5 Å². The first kappa shape index (κ1) is 14.9. The predicted molar refractivity (Wildman–Crippen MR) is 62.0 cm³/mol. The van der Waals surface area contributed by atoms with Crippen LogP contribution in [0.25, 0.3) is 0 Å². The minimum atomic E-state index is -0.826. The Balaban J connectivity index is 0.000000500. The van der Waals surface area contributed by atoms with Gasteiger partial charge in [-0.3, -0.25) is 0 Å². The van der Waals surface area contributed by atoms with E-state index in [1.54, 1.807) is 0 Å². The van der Waals surface area contributed by atoms with Crippen molar-refractivity contribution in [3.63, 3.8) is 0 Å². The van der Waals surface area contributed by atoms with E-state index in [2.05, 4.69) is 32.1 Å². The molecule has 0 atom stereocenters. The summed E-state index contributed by atoms with van der Waals surface area (Å²) in [6, 6.07) is 0. The van der Waals surface area contributed by atoms with Crippen molar-refractivity contribution in [1.82, 2.24) is 0 Å². The summed E-state index contributed by atoms with van der Waals surface area (Å²) in [5, 5.41) is 0. The average Bonchev–Trinajstić information content (AvgIpc) is 2.53. The van der Waals surface area contributed by atoms with E-state index in [-0.39, 0.29) is 0 Å². The molecule has 0 spiro atoms. The Kier molecular flexibility index (Phi) is 11.2. The molecule has 0 unspecified atom stereocenters. The number of unbranched alkanes of at least 4 members (excludes halogenated alkanes) is 2.